The van der Waals surface area contributed by atoms with Crippen LogP contribution in [-0.2, 0) is 18.4 Å². The molecule has 0 aliphatic rings. The van der Waals surface area contributed by atoms with Crippen LogP contribution in [0.25, 0.3) is 11.4 Å². The van der Waals surface area contributed by atoms with Crippen LogP contribution in [0.2, 0.25) is 5.15 Å². The quantitative estimate of drug-likeness (QED) is 0.808. The lowest BCUT2D eigenvalue weighted by atomic mass is 10.3. The molecule has 0 bridgehead atoms. The van der Waals surface area contributed by atoms with E-state index in [1.54, 1.807) is 24.9 Å². The van der Waals surface area contributed by atoms with Gasteiger partial charge in [-0.25, -0.2) is 14.6 Å². The van der Waals surface area contributed by atoms with E-state index in [0.29, 0.717) is 27.9 Å². The summed E-state index contributed by atoms with van der Waals surface area (Å²) in [6.07, 6.45) is 0. The SMILES string of the molecule is COCc1nc(Cl)cc(-c2c(Br)nnn2C)n1. The summed E-state index contributed by atoms with van der Waals surface area (Å²) >= 11 is 9.25. The molecule has 0 aliphatic carbocycles. The molecule has 0 atom stereocenters. The predicted octanol–water partition coefficient (Wildman–Crippen LogP) is 1.83. The first-order chi connectivity index (χ1) is 8.11. The first-order valence-electron chi connectivity index (χ1n) is 4.69. The molecule has 0 aromatic carbocycles. The fourth-order valence-electron chi connectivity index (χ4n) is 1.38. The molecule has 17 heavy (non-hydrogen) atoms. The number of hydrogen-bond donors (Lipinski definition) is 0. The summed E-state index contributed by atoms with van der Waals surface area (Å²) in [5, 5.41) is 8.13. The number of rotatable bonds is 3. The van der Waals surface area contributed by atoms with Gasteiger partial charge < -0.3 is 4.74 Å². The summed E-state index contributed by atoms with van der Waals surface area (Å²) in [7, 11) is 3.35. The second-order valence-electron chi connectivity index (χ2n) is 3.28. The zero-order valence-electron chi connectivity index (χ0n) is 9.18. The number of methoxy groups -OCH3 is 1. The van der Waals surface area contributed by atoms with Crippen molar-refractivity contribution in [2.45, 2.75) is 6.61 Å². The Kier molecular flexibility index (Phi) is 3.70. The van der Waals surface area contributed by atoms with Gasteiger partial charge in [-0.05, 0) is 15.9 Å². The Labute approximate surface area is 111 Å². The number of nitrogens with zero attached hydrogens (tertiary/aromatic N) is 5. The molecule has 0 radical (unpaired) electrons. The van der Waals surface area contributed by atoms with Gasteiger partial charge >= 0.3 is 0 Å². The molecule has 8 heteroatoms. The molecule has 0 amide bonds. The summed E-state index contributed by atoms with van der Waals surface area (Å²) in [4.78, 5) is 8.39. The maximum absolute atomic E-state index is 5.94. The Hall–Kier alpha value is -1.05. The van der Waals surface area contributed by atoms with Crippen molar-refractivity contribution in [1.82, 2.24) is 25.0 Å². The van der Waals surface area contributed by atoms with Gasteiger partial charge in [-0.15, -0.1) is 5.10 Å². The minimum Gasteiger partial charge on any atom is -0.377 e. The lowest BCUT2D eigenvalue weighted by Gasteiger charge is -2.04. The van der Waals surface area contributed by atoms with Gasteiger partial charge in [0.25, 0.3) is 0 Å². The third kappa shape index (κ3) is 2.62. The third-order valence-electron chi connectivity index (χ3n) is 2.04. The monoisotopic (exact) mass is 317 g/mol. The van der Waals surface area contributed by atoms with Crippen molar-refractivity contribution in [2.75, 3.05) is 7.11 Å². The number of aromatic nitrogens is 5. The van der Waals surface area contributed by atoms with E-state index >= 15 is 0 Å². The van der Waals surface area contributed by atoms with Crippen LogP contribution in [0.1, 0.15) is 5.82 Å². The van der Waals surface area contributed by atoms with Crippen LogP contribution in [0, 0.1) is 0 Å². The standard InChI is InChI=1S/C9H9BrClN5O/c1-16-8(9(10)14-15-16)5-3-6(11)13-7(12-5)4-17-2/h3H,4H2,1-2H3. The smallest absolute Gasteiger partial charge is 0.157 e. The van der Waals surface area contributed by atoms with Crippen molar-refractivity contribution in [2.24, 2.45) is 7.05 Å². The predicted molar refractivity (Wildman–Crippen MR) is 65.5 cm³/mol. The fourth-order valence-corrected chi connectivity index (χ4v) is 2.11. The van der Waals surface area contributed by atoms with Crippen molar-refractivity contribution >= 4 is 27.5 Å². The fraction of sp³-hybridized carbons (Fsp3) is 0.333. The van der Waals surface area contributed by atoms with Crippen molar-refractivity contribution in [3.05, 3.63) is 21.6 Å². The van der Waals surface area contributed by atoms with E-state index in [9.17, 15) is 0 Å². The molecule has 0 unspecified atom stereocenters. The molecule has 2 aromatic rings. The minimum atomic E-state index is 0.302. The second-order valence-corrected chi connectivity index (χ2v) is 4.42. The number of ether oxygens (including phenoxy) is 1. The van der Waals surface area contributed by atoms with Gasteiger partial charge in [0, 0.05) is 20.2 Å². The lowest BCUT2D eigenvalue weighted by Crippen LogP contribution is -2.02. The van der Waals surface area contributed by atoms with E-state index in [0.717, 1.165) is 5.69 Å². The third-order valence-corrected chi connectivity index (χ3v) is 2.77. The van der Waals surface area contributed by atoms with E-state index < -0.39 is 0 Å². The van der Waals surface area contributed by atoms with Crippen LogP contribution in [0.3, 0.4) is 0 Å². The first-order valence-corrected chi connectivity index (χ1v) is 5.87. The summed E-state index contributed by atoms with van der Waals surface area (Å²) in [6, 6.07) is 1.66. The van der Waals surface area contributed by atoms with Crippen LogP contribution < -0.4 is 0 Å². The highest BCUT2D eigenvalue weighted by Crippen LogP contribution is 2.25. The molecular formula is C9H9BrClN5O. The Morgan fingerprint density at radius 2 is 2.24 bits per heavy atom. The van der Waals surface area contributed by atoms with E-state index in [4.69, 9.17) is 16.3 Å². The zero-order valence-corrected chi connectivity index (χ0v) is 11.5. The minimum absolute atomic E-state index is 0.302. The summed E-state index contributed by atoms with van der Waals surface area (Å²) in [6.45, 7) is 0.302. The number of hydrogen-bond acceptors (Lipinski definition) is 5. The van der Waals surface area contributed by atoms with E-state index in [1.165, 1.54) is 0 Å². The van der Waals surface area contributed by atoms with Crippen molar-refractivity contribution < 1.29 is 4.74 Å². The zero-order chi connectivity index (χ0) is 12.4. The Morgan fingerprint density at radius 3 is 2.82 bits per heavy atom. The van der Waals surface area contributed by atoms with Crippen LogP contribution in [0.15, 0.2) is 10.7 Å². The van der Waals surface area contributed by atoms with E-state index in [-0.39, 0.29) is 0 Å². The summed E-state index contributed by atoms with van der Waals surface area (Å²) in [5.41, 5.74) is 1.39. The molecule has 0 saturated heterocycles. The van der Waals surface area contributed by atoms with Crippen LogP contribution in [-0.4, -0.2) is 32.1 Å². The van der Waals surface area contributed by atoms with Gasteiger partial charge in [-0.1, -0.05) is 16.8 Å². The highest BCUT2D eigenvalue weighted by Gasteiger charge is 2.14. The van der Waals surface area contributed by atoms with Crippen molar-refractivity contribution in [3.63, 3.8) is 0 Å². The molecule has 2 heterocycles. The number of halogens is 2. The second kappa shape index (κ2) is 5.07. The summed E-state index contributed by atoms with van der Waals surface area (Å²) < 4.78 is 7.20. The molecule has 90 valence electrons. The highest BCUT2D eigenvalue weighted by molar-refractivity contribution is 9.10. The largest absolute Gasteiger partial charge is 0.377 e. The van der Waals surface area contributed by atoms with E-state index in [2.05, 4.69) is 36.2 Å². The van der Waals surface area contributed by atoms with Gasteiger partial charge in [-0.2, -0.15) is 0 Å². The van der Waals surface area contributed by atoms with Crippen LogP contribution >= 0.6 is 27.5 Å². The van der Waals surface area contributed by atoms with Crippen molar-refractivity contribution in [3.8, 4) is 11.4 Å². The normalized spacial score (nSPS) is 10.8. The molecule has 0 N–H and O–H groups in total. The van der Waals surface area contributed by atoms with E-state index in [1.807, 2.05) is 0 Å². The molecule has 0 aliphatic heterocycles. The van der Waals surface area contributed by atoms with Gasteiger partial charge in [-0.3, -0.25) is 0 Å². The van der Waals surface area contributed by atoms with Crippen molar-refractivity contribution in [1.29, 1.82) is 0 Å². The van der Waals surface area contributed by atoms with Gasteiger partial charge in [0.2, 0.25) is 0 Å². The summed E-state index contributed by atoms with van der Waals surface area (Å²) in [5.74, 6) is 0.517. The van der Waals surface area contributed by atoms with Crippen LogP contribution in [0.5, 0.6) is 0 Å². The van der Waals surface area contributed by atoms with Gasteiger partial charge in [0.05, 0.1) is 5.69 Å². The maximum atomic E-state index is 5.94. The first kappa shape index (κ1) is 12.4. The maximum Gasteiger partial charge on any atom is 0.157 e. The Bertz CT molecular complexity index is 525. The molecule has 6 nitrogen and oxygen atoms in total. The highest BCUT2D eigenvalue weighted by atomic mass is 79.9. The average molecular weight is 319 g/mol. The average Bonchev–Trinajstić information content (AvgIpc) is 2.58. The molecule has 0 fully saturated rings. The Balaban J connectivity index is 2.52. The lowest BCUT2D eigenvalue weighted by molar-refractivity contribution is 0.178. The Morgan fingerprint density at radius 1 is 1.47 bits per heavy atom. The van der Waals surface area contributed by atoms with Gasteiger partial charge in [0.1, 0.15) is 17.5 Å². The molecule has 0 spiro atoms. The topological polar surface area (TPSA) is 65.7 Å². The molecular weight excluding hydrogens is 309 g/mol. The van der Waals surface area contributed by atoms with Gasteiger partial charge in [0.15, 0.2) is 10.4 Å². The molecule has 2 rings (SSSR count). The molecule has 2 aromatic heterocycles. The number of aryl methyl sites for hydroxylation is 1. The van der Waals surface area contributed by atoms with Crippen LogP contribution in [0.4, 0.5) is 0 Å². The molecule has 0 saturated carbocycles.